The molecule has 0 amide bonds. The lowest BCUT2D eigenvalue weighted by Gasteiger charge is -2.37. The van der Waals surface area contributed by atoms with Crippen LogP contribution in [-0.2, 0) is 19.5 Å². The minimum Gasteiger partial charge on any atom is -0.379 e. The second-order valence-electron chi connectivity index (χ2n) is 5.89. The third-order valence-corrected chi connectivity index (χ3v) is 6.53. The molecule has 1 aromatic rings. The van der Waals surface area contributed by atoms with Gasteiger partial charge in [-0.1, -0.05) is 12.1 Å². The average molecular weight is 329 g/mol. The fourth-order valence-electron chi connectivity index (χ4n) is 3.23. The molecule has 0 radical (unpaired) electrons. The van der Waals surface area contributed by atoms with Crippen LogP contribution in [0.3, 0.4) is 0 Å². The maximum atomic E-state index is 13.8. The zero-order valence-electron chi connectivity index (χ0n) is 12.5. The topological polar surface area (TPSA) is 55.8 Å². The molecule has 2 heterocycles. The Kier molecular flexibility index (Phi) is 4.24. The Labute approximate surface area is 130 Å². The zero-order valence-corrected chi connectivity index (χ0v) is 13.3. The van der Waals surface area contributed by atoms with Crippen molar-refractivity contribution in [3.63, 3.8) is 0 Å². The standard InChI is InChI=1S/C15H20FNO4S/c1-20-12-10-15(21-11-12)6-8-17(9-7-15)22(18,19)14-5-3-2-4-13(14)16/h2-5,12H,6-11H2,1H3. The van der Waals surface area contributed by atoms with Crippen molar-refractivity contribution in [3.05, 3.63) is 30.1 Å². The molecule has 3 rings (SSSR count). The van der Waals surface area contributed by atoms with Crippen LogP contribution in [0.15, 0.2) is 29.2 Å². The van der Waals surface area contributed by atoms with Crippen LogP contribution in [0.4, 0.5) is 4.39 Å². The second-order valence-corrected chi connectivity index (χ2v) is 7.80. The predicted octanol–water partition coefficient (Wildman–Crippen LogP) is 1.78. The Balaban J connectivity index is 1.73. The smallest absolute Gasteiger partial charge is 0.245 e. The van der Waals surface area contributed by atoms with Gasteiger partial charge in [0.25, 0.3) is 0 Å². The van der Waals surface area contributed by atoms with Gasteiger partial charge in [0.2, 0.25) is 10.0 Å². The molecule has 0 bridgehead atoms. The summed E-state index contributed by atoms with van der Waals surface area (Å²) in [7, 11) is -2.13. The van der Waals surface area contributed by atoms with Crippen molar-refractivity contribution < 1.29 is 22.3 Å². The number of halogens is 1. The van der Waals surface area contributed by atoms with Crippen molar-refractivity contribution in [2.24, 2.45) is 0 Å². The van der Waals surface area contributed by atoms with E-state index in [0.29, 0.717) is 32.5 Å². The summed E-state index contributed by atoms with van der Waals surface area (Å²) < 4.78 is 51.4. The fourth-order valence-corrected chi connectivity index (χ4v) is 4.74. The first-order valence-corrected chi connectivity index (χ1v) is 8.82. The summed E-state index contributed by atoms with van der Waals surface area (Å²) in [6, 6.07) is 5.49. The van der Waals surface area contributed by atoms with Gasteiger partial charge in [-0.3, -0.25) is 0 Å². The van der Waals surface area contributed by atoms with Crippen LogP contribution in [0.2, 0.25) is 0 Å². The van der Waals surface area contributed by atoms with E-state index in [1.165, 1.54) is 28.6 Å². The molecule has 2 saturated heterocycles. The van der Waals surface area contributed by atoms with Gasteiger partial charge in [0.05, 0.1) is 18.3 Å². The average Bonchev–Trinajstić information content (AvgIpc) is 2.91. The molecule has 0 aromatic heterocycles. The van der Waals surface area contributed by atoms with Crippen molar-refractivity contribution in [2.45, 2.75) is 35.9 Å². The highest BCUT2D eigenvalue weighted by molar-refractivity contribution is 7.89. The Morgan fingerprint density at radius 3 is 2.59 bits per heavy atom. The first kappa shape index (κ1) is 15.9. The Hall–Kier alpha value is -1.02. The zero-order chi connectivity index (χ0) is 15.8. The number of hydrogen-bond acceptors (Lipinski definition) is 4. The number of benzene rings is 1. The van der Waals surface area contributed by atoms with E-state index in [1.807, 2.05) is 0 Å². The molecule has 122 valence electrons. The molecule has 0 saturated carbocycles. The molecule has 5 nitrogen and oxygen atoms in total. The molecular formula is C15H20FNO4S. The first-order valence-electron chi connectivity index (χ1n) is 7.38. The second kappa shape index (κ2) is 5.88. The molecule has 0 aliphatic carbocycles. The van der Waals surface area contributed by atoms with E-state index >= 15 is 0 Å². The molecule has 1 spiro atoms. The molecule has 2 fully saturated rings. The highest BCUT2D eigenvalue weighted by Gasteiger charge is 2.45. The van der Waals surface area contributed by atoms with Gasteiger partial charge in [-0.15, -0.1) is 0 Å². The van der Waals surface area contributed by atoms with Crippen molar-refractivity contribution in [1.82, 2.24) is 4.31 Å². The van der Waals surface area contributed by atoms with Crippen LogP contribution in [0.5, 0.6) is 0 Å². The maximum Gasteiger partial charge on any atom is 0.245 e. The van der Waals surface area contributed by atoms with Gasteiger partial charge in [0.1, 0.15) is 10.7 Å². The third kappa shape index (κ3) is 2.78. The highest BCUT2D eigenvalue weighted by atomic mass is 32.2. The third-order valence-electron chi connectivity index (χ3n) is 4.60. The quantitative estimate of drug-likeness (QED) is 0.848. The van der Waals surface area contributed by atoms with Gasteiger partial charge in [-0.2, -0.15) is 4.31 Å². The molecule has 7 heteroatoms. The summed E-state index contributed by atoms with van der Waals surface area (Å²) in [4.78, 5) is -0.256. The van der Waals surface area contributed by atoms with Crippen molar-refractivity contribution in [1.29, 1.82) is 0 Å². The van der Waals surface area contributed by atoms with E-state index in [2.05, 4.69) is 0 Å². The van der Waals surface area contributed by atoms with E-state index in [-0.39, 0.29) is 16.6 Å². The van der Waals surface area contributed by atoms with E-state index in [9.17, 15) is 12.8 Å². The number of hydrogen-bond donors (Lipinski definition) is 0. The van der Waals surface area contributed by atoms with E-state index < -0.39 is 15.8 Å². The molecule has 0 N–H and O–H groups in total. The summed E-state index contributed by atoms with van der Waals surface area (Å²) in [5.41, 5.74) is -0.290. The lowest BCUT2D eigenvalue weighted by molar-refractivity contribution is -0.0328. The Morgan fingerprint density at radius 2 is 2.00 bits per heavy atom. The van der Waals surface area contributed by atoms with E-state index in [0.717, 1.165) is 6.42 Å². The SMILES string of the molecule is COC1COC2(CCN(S(=O)(=O)c3ccccc3F)CC2)C1. The van der Waals surface area contributed by atoms with Gasteiger partial charge in [-0.05, 0) is 25.0 Å². The summed E-state index contributed by atoms with van der Waals surface area (Å²) >= 11 is 0. The van der Waals surface area contributed by atoms with Crippen molar-refractivity contribution >= 4 is 10.0 Å². The number of ether oxygens (including phenoxy) is 2. The van der Waals surface area contributed by atoms with Crippen LogP contribution in [0.1, 0.15) is 19.3 Å². The molecule has 22 heavy (non-hydrogen) atoms. The van der Waals surface area contributed by atoms with Gasteiger partial charge < -0.3 is 9.47 Å². The largest absolute Gasteiger partial charge is 0.379 e. The first-order chi connectivity index (χ1) is 10.5. The fraction of sp³-hybridized carbons (Fsp3) is 0.600. The van der Waals surface area contributed by atoms with E-state index in [1.54, 1.807) is 7.11 Å². The normalized spacial score (nSPS) is 25.6. The highest BCUT2D eigenvalue weighted by Crippen LogP contribution is 2.38. The number of rotatable bonds is 3. The van der Waals surface area contributed by atoms with E-state index in [4.69, 9.17) is 9.47 Å². The van der Waals surface area contributed by atoms with Crippen molar-refractivity contribution in [2.75, 3.05) is 26.8 Å². The molecular weight excluding hydrogens is 309 g/mol. The summed E-state index contributed by atoms with van der Waals surface area (Å²) in [5, 5.41) is 0. The molecule has 1 unspecified atom stereocenters. The molecule has 2 aliphatic heterocycles. The Bertz CT molecular complexity index is 641. The van der Waals surface area contributed by atoms with Crippen LogP contribution in [-0.4, -0.2) is 51.2 Å². The van der Waals surface area contributed by atoms with Crippen molar-refractivity contribution in [3.8, 4) is 0 Å². The number of sulfonamides is 1. The summed E-state index contributed by atoms with van der Waals surface area (Å²) in [6.45, 7) is 1.23. The Morgan fingerprint density at radius 1 is 1.32 bits per heavy atom. The molecule has 2 aliphatic rings. The minimum atomic E-state index is -3.79. The van der Waals surface area contributed by atoms with Crippen LogP contribution >= 0.6 is 0 Å². The van der Waals surface area contributed by atoms with Crippen LogP contribution in [0.25, 0.3) is 0 Å². The monoisotopic (exact) mass is 329 g/mol. The summed E-state index contributed by atoms with van der Waals surface area (Å²) in [5.74, 6) is -0.709. The lowest BCUT2D eigenvalue weighted by Crippen LogP contribution is -2.46. The van der Waals surface area contributed by atoms with Gasteiger partial charge in [0.15, 0.2) is 0 Å². The number of piperidine rings is 1. The van der Waals surface area contributed by atoms with Crippen LogP contribution < -0.4 is 0 Å². The lowest BCUT2D eigenvalue weighted by atomic mass is 9.89. The number of nitrogens with zero attached hydrogens (tertiary/aromatic N) is 1. The maximum absolute atomic E-state index is 13.8. The minimum absolute atomic E-state index is 0.0784. The van der Waals surface area contributed by atoms with Crippen LogP contribution in [0, 0.1) is 5.82 Å². The summed E-state index contributed by atoms with van der Waals surface area (Å²) in [6.07, 6.45) is 2.09. The number of methoxy groups -OCH3 is 1. The molecule has 1 aromatic carbocycles. The van der Waals surface area contributed by atoms with Gasteiger partial charge >= 0.3 is 0 Å². The molecule has 1 atom stereocenters. The van der Waals surface area contributed by atoms with Gasteiger partial charge in [0, 0.05) is 26.6 Å². The predicted molar refractivity (Wildman–Crippen MR) is 78.5 cm³/mol. The van der Waals surface area contributed by atoms with Gasteiger partial charge in [-0.25, -0.2) is 12.8 Å².